The fourth-order valence-electron chi connectivity index (χ4n) is 3.20. The molecule has 0 bridgehead atoms. The molecule has 0 amide bonds. The maximum atomic E-state index is 12.3. The van der Waals surface area contributed by atoms with Crippen LogP contribution in [-0.4, -0.2) is 31.7 Å². The molecule has 8 heteroatoms. The molecule has 0 aliphatic carbocycles. The molecule has 3 aromatic rings. The molecule has 0 radical (unpaired) electrons. The second kappa shape index (κ2) is 11.1. The van der Waals surface area contributed by atoms with Crippen molar-refractivity contribution in [1.29, 1.82) is 0 Å². The summed E-state index contributed by atoms with van der Waals surface area (Å²) in [7, 11) is 0. The first-order chi connectivity index (χ1) is 16.5. The molecule has 4 rings (SSSR count). The van der Waals surface area contributed by atoms with E-state index < -0.39 is 5.97 Å². The van der Waals surface area contributed by atoms with E-state index in [1.54, 1.807) is 30.3 Å². The number of hydrogen-bond acceptors (Lipinski definition) is 6. The van der Waals surface area contributed by atoms with Crippen molar-refractivity contribution in [1.82, 2.24) is 0 Å². The van der Waals surface area contributed by atoms with Crippen LogP contribution in [0.15, 0.2) is 77.4 Å². The van der Waals surface area contributed by atoms with Gasteiger partial charge in [0.25, 0.3) is 0 Å². The van der Waals surface area contributed by atoms with Crippen molar-refractivity contribution < 1.29 is 23.7 Å². The lowest BCUT2D eigenvalue weighted by Gasteiger charge is -2.15. The lowest BCUT2D eigenvalue weighted by Crippen LogP contribution is -2.10. The van der Waals surface area contributed by atoms with Gasteiger partial charge in [-0.3, -0.25) is 0 Å². The molecule has 6 nitrogen and oxygen atoms in total. The summed E-state index contributed by atoms with van der Waals surface area (Å²) in [6.07, 6.45) is 1.59. The van der Waals surface area contributed by atoms with Crippen molar-refractivity contribution in [3.63, 3.8) is 0 Å². The number of esters is 1. The number of cyclic esters (lactones) is 1. The number of carbonyl (C=O) groups excluding carboxylic acids is 1. The number of ether oxygens (including phenoxy) is 4. The summed E-state index contributed by atoms with van der Waals surface area (Å²) in [6.45, 7) is 2.75. The van der Waals surface area contributed by atoms with E-state index in [1.165, 1.54) is 0 Å². The molecule has 0 saturated carbocycles. The van der Waals surface area contributed by atoms with Crippen LogP contribution >= 0.6 is 23.2 Å². The molecule has 0 spiro atoms. The van der Waals surface area contributed by atoms with Gasteiger partial charge in [0.2, 0.25) is 5.90 Å². The molecule has 0 unspecified atom stereocenters. The predicted octanol–water partition coefficient (Wildman–Crippen LogP) is 6.19. The largest absolute Gasteiger partial charge is 0.490 e. The molecule has 1 aliphatic heterocycles. The average Bonchev–Trinajstić information content (AvgIpc) is 3.20. The fourth-order valence-corrected chi connectivity index (χ4v) is 3.67. The van der Waals surface area contributed by atoms with Crippen LogP contribution in [0.4, 0.5) is 0 Å². The number of aliphatic imine (C=N–C) groups is 1. The molecule has 174 valence electrons. The Bertz CT molecular complexity index is 1240. The number of rotatable bonds is 9. The summed E-state index contributed by atoms with van der Waals surface area (Å²) in [5, 5.41) is 0.852. The first-order valence-electron chi connectivity index (χ1n) is 10.6. The minimum atomic E-state index is -0.537. The van der Waals surface area contributed by atoms with E-state index in [0.717, 1.165) is 5.56 Å². The normalized spacial score (nSPS) is 14.0. The quantitative estimate of drug-likeness (QED) is 0.200. The highest BCUT2D eigenvalue weighted by Gasteiger charge is 2.24. The second-order valence-corrected chi connectivity index (χ2v) is 7.91. The Labute approximate surface area is 207 Å². The number of halogens is 2. The number of hydrogen-bond donors (Lipinski definition) is 0. The minimum Gasteiger partial charge on any atom is -0.490 e. The van der Waals surface area contributed by atoms with Crippen molar-refractivity contribution >= 4 is 41.1 Å². The SMILES string of the molecule is CCOc1cc(C=C2N=C(c3ccccc3)OC2=O)cc(Cl)c1OCCOc1ccccc1Cl. The van der Waals surface area contributed by atoms with Gasteiger partial charge < -0.3 is 18.9 Å². The Kier molecular flexibility index (Phi) is 7.72. The number of benzene rings is 3. The third-order valence-corrected chi connectivity index (χ3v) is 5.29. The lowest BCUT2D eigenvalue weighted by atomic mass is 10.1. The van der Waals surface area contributed by atoms with Gasteiger partial charge in [0.1, 0.15) is 19.0 Å². The van der Waals surface area contributed by atoms with E-state index >= 15 is 0 Å². The maximum absolute atomic E-state index is 12.3. The molecule has 0 saturated heterocycles. The number of nitrogens with zero attached hydrogens (tertiary/aromatic N) is 1. The molecular formula is C26H21Cl2NO5. The summed E-state index contributed by atoms with van der Waals surface area (Å²) < 4.78 is 22.5. The van der Waals surface area contributed by atoms with E-state index in [0.29, 0.717) is 39.5 Å². The standard InChI is InChI=1S/C26H21Cl2NO5/c1-2-31-23-16-17(15-21-26(30)34-25(29-21)18-8-4-3-5-9-18)14-20(28)24(23)33-13-12-32-22-11-7-6-10-19(22)27/h3-11,14-16H,2,12-13H2,1H3. The van der Waals surface area contributed by atoms with Crippen LogP contribution < -0.4 is 14.2 Å². The van der Waals surface area contributed by atoms with Crippen molar-refractivity contribution in [2.24, 2.45) is 4.99 Å². The van der Waals surface area contributed by atoms with Gasteiger partial charge in [-0.1, -0.05) is 53.5 Å². The van der Waals surface area contributed by atoms with Crippen molar-refractivity contribution in [2.75, 3.05) is 19.8 Å². The van der Waals surface area contributed by atoms with Gasteiger partial charge in [-0.25, -0.2) is 9.79 Å². The van der Waals surface area contributed by atoms with Crippen LogP contribution in [-0.2, 0) is 9.53 Å². The Morgan fingerprint density at radius 2 is 1.62 bits per heavy atom. The van der Waals surface area contributed by atoms with Gasteiger partial charge in [-0.05, 0) is 55.0 Å². The number of carbonyl (C=O) groups is 1. The summed E-state index contributed by atoms with van der Waals surface area (Å²) in [6, 6.07) is 19.8. The third-order valence-electron chi connectivity index (χ3n) is 4.70. The fraction of sp³-hybridized carbons (Fsp3) is 0.154. The van der Waals surface area contributed by atoms with Gasteiger partial charge in [-0.15, -0.1) is 0 Å². The van der Waals surface area contributed by atoms with Crippen molar-refractivity contribution in [3.8, 4) is 17.2 Å². The summed E-state index contributed by atoms with van der Waals surface area (Å²) in [5.74, 6) is 1.12. The van der Waals surface area contributed by atoms with Gasteiger partial charge >= 0.3 is 5.97 Å². The van der Waals surface area contributed by atoms with Crippen molar-refractivity contribution in [2.45, 2.75) is 6.92 Å². The molecule has 0 atom stereocenters. The summed E-state index contributed by atoms with van der Waals surface area (Å²) in [5.41, 5.74) is 1.51. The molecule has 0 fully saturated rings. The topological polar surface area (TPSA) is 66.4 Å². The number of para-hydroxylation sites is 1. The zero-order valence-electron chi connectivity index (χ0n) is 18.3. The first kappa shape index (κ1) is 23.7. The van der Waals surface area contributed by atoms with Crippen LogP contribution in [0.25, 0.3) is 6.08 Å². The molecule has 1 aliphatic rings. The van der Waals surface area contributed by atoms with Crippen LogP contribution in [0, 0.1) is 0 Å². The van der Waals surface area contributed by atoms with Gasteiger partial charge in [0.05, 0.1) is 16.7 Å². The molecule has 0 N–H and O–H groups in total. The van der Waals surface area contributed by atoms with Crippen LogP contribution in [0.3, 0.4) is 0 Å². The van der Waals surface area contributed by atoms with E-state index in [9.17, 15) is 4.79 Å². The molecule has 1 heterocycles. The second-order valence-electron chi connectivity index (χ2n) is 7.09. The highest BCUT2D eigenvalue weighted by atomic mass is 35.5. The predicted molar refractivity (Wildman–Crippen MR) is 132 cm³/mol. The maximum Gasteiger partial charge on any atom is 0.363 e. The highest BCUT2D eigenvalue weighted by molar-refractivity contribution is 6.32. The van der Waals surface area contributed by atoms with Gasteiger partial charge in [0.15, 0.2) is 17.2 Å². The molecule has 3 aromatic carbocycles. The minimum absolute atomic E-state index is 0.166. The van der Waals surface area contributed by atoms with Crippen LogP contribution in [0.1, 0.15) is 18.1 Å². The Morgan fingerprint density at radius 3 is 2.38 bits per heavy atom. The molecule has 34 heavy (non-hydrogen) atoms. The summed E-state index contributed by atoms with van der Waals surface area (Å²) in [4.78, 5) is 16.6. The Hall–Kier alpha value is -3.48. The van der Waals surface area contributed by atoms with Crippen LogP contribution in [0.2, 0.25) is 10.0 Å². The summed E-state index contributed by atoms with van der Waals surface area (Å²) >= 11 is 12.6. The van der Waals surface area contributed by atoms with Gasteiger partial charge in [-0.2, -0.15) is 0 Å². The first-order valence-corrected chi connectivity index (χ1v) is 11.3. The van der Waals surface area contributed by atoms with E-state index in [1.807, 2.05) is 49.4 Å². The Morgan fingerprint density at radius 1 is 0.882 bits per heavy atom. The van der Waals surface area contributed by atoms with Gasteiger partial charge in [0, 0.05) is 5.56 Å². The van der Waals surface area contributed by atoms with E-state index in [2.05, 4.69) is 4.99 Å². The zero-order valence-corrected chi connectivity index (χ0v) is 19.8. The third kappa shape index (κ3) is 5.71. The Balaban J connectivity index is 1.50. The molecule has 0 aromatic heterocycles. The van der Waals surface area contributed by atoms with E-state index in [4.69, 9.17) is 42.1 Å². The highest BCUT2D eigenvalue weighted by Crippen LogP contribution is 2.37. The monoisotopic (exact) mass is 497 g/mol. The average molecular weight is 498 g/mol. The lowest BCUT2D eigenvalue weighted by molar-refractivity contribution is -0.129. The van der Waals surface area contributed by atoms with E-state index in [-0.39, 0.29) is 24.8 Å². The van der Waals surface area contributed by atoms with Crippen LogP contribution in [0.5, 0.6) is 17.2 Å². The molecular weight excluding hydrogens is 477 g/mol. The smallest absolute Gasteiger partial charge is 0.363 e. The van der Waals surface area contributed by atoms with Crippen molar-refractivity contribution in [3.05, 3.63) is 93.6 Å². The zero-order chi connectivity index (χ0) is 23.9.